The molecule has 0 rings (SSSR count). The Labute approximate surface area is 108 Å². The standard InChI is InChI=1S/C8H17NO2.C3H9N.C2H6/c1-8(2,3)7(9-4)5-11-6-10;1-4(2)3;1-2/h6-7,9H,5H2,1-4H3;1-3H3;1-2H3. The molecule has 1 N–H and O–H groups in total. The monoisotopic (exact) mass is 248 g/mol. The van der Waals surface area contributed by atoms with Gasteiger partial charge in [0, 0.05) is 6.04 Å². The van der Waals surface area contributed by atoms with E-state index in [2.05, 4.69) is 30.8 Å². The third kappa shape index (κ3) is 21.3. The topological polar surface area (TPSA) is 41.6 Å². The zero-order valence-corrected chi connectivity index (χ0v) is 13.1. The van der Waals surface area contributed by atoms with Crippen LogP contribution in [-0.2, 0) is 9.53 Å². The number of nitrogens with one attached hydrogen (secondary N) is 1. The Hall–Kier alpha value is -0.610. The van der Waals surface area contributed by atoms with Crippen LogP contribution in [0.15, 0.2) is 0 Å². The van der Waals surface area contributed by atoms with Crippen LogP contribution in [0, 0.1) is 5.41 Å². The Morgan fingerprint density at radius 3 is 1.76 bits per heavy atom. The Morgan fingerprint density at radius 2 is 1.59 bits per heavy atom. The second-order valence-electron chi connectivity index (χ2n) is 4.98. The van der Waals surface area contributed by atoms with Gasteiger partial charge in [0.05, 0.1) is 0 Å². The number of nitrogens with zero attached hydrogens (tertiary/aromatic N) is 1. The van der Waals surface area contributed by atoms with Crippen LogP contribution in [0.3, 0.4) is 0 Å². The summed E-state index contributed by atoms with van der Waals surface area (Å²) in [5.41, 5.74) is 0.123. The first-order valence-electron chi connectivity index (χ1n) is 6.09. The summed E-state index contributed by atoms with van der Waals surface area (Å²) < 4.78 is 4.67. The van der Waals surface area contributed by atoms with Gasteiger partial charge in [0.25, 0.3) is 6.47 Å². The van der Waals surface area contributed by atoms with Gasteiger partial charge in [-0.3, -0.25) is 4.79 Å². The van der Waals surface area contributed by atoms with Crippen molar-refractivity contribution in [1.29, 1.82) is 0 Å². The second-order valence-corrected chi connectivity index (χ2v) is 4.98. The maximum Gasteiger partial charge on any atom is 0.293 e. The summed E-state index contributed by atoms with van der Waals surface area (Å²) in [6, 6.07) is 0.215. The molecule has 17 heavy (non-hydrogen) atoms. The van der Waals surface area contributed by atoms with E-state index < -0.39 is 0 Å². The summed E-state index contributed by atoms with van der Waals surface area (Å²) in [5.74, 6) is 0. The molecule has 1 atom stereocenters. The number of likely N-dealkylation sites (N-methyl/N-ethyl adjacent to an activating group) is 1. The van der Waals surface area contributed by atoms with E-state index in [1.165, 1.54) is 0 Å². The molecule has 4 heteroatoms. The smallest absolute Gasteiger partial charge is 0.293 e. The maximum atomic E-state index is 9.90. The van der Waals surface area contributed by atoms with Crippen LogP contribution in [0.4, 0.5) is 0 Å². The summed E-state index contributed by atoms with van der Waals surface area (Å²) >= 11 is 0. The summed E-state index contributed by atoms with van der Waals surface area (Å²) in [7, 11) is 7.87. The molecule has 0 aromatic rings. The highest BCUT2D eigenvalue weighted by molar-refractivity contribution is 5.37. The molecule has 0 saturated heterocycles. The zero-order valence-electron chi connectivity index (χ0n) is 13.1. The van der Waals surface area contributed by atoms with Gasteiger partial charge in [-0.25, -0.2) is 0 Å². The molecule has 0 aromatic heterocycles. The molecule has 0 aromatic carbocycles. The average Bonchev–Trinajstić information content (AvgIpc) is 2.19. The fourth-order valence-corrected chi connectivity index (χ4v) is 0.902. The number of rotatable bonds is 4. The van der Waals surface area contributed by atoms with Crippen LogP contribution in [0.25, 0.3) is 0 Å². The minimum atomic E-state index is 0.123. The van der Waals surface area contributed by atoms with Gasteiger partial charge in [0.15, 0.2) is 0 Å². The maximum absolute atomic E-state index is 9.90. The molecule has 4 nitrogen and oxygen atoms in total. The molecule has 0 bridgehead atoms. The van der Waals surface area contributed by atoms with Crippen LogP contribution >= 0.6 is 0 Å². The SMILES string of the molecule is CC.CN(C)C.CNC(COC=O)C(C)(C)C. The summed E-state index contributed by atoms with van der Waals surface area (Å²) in [6.07, 6.45) is 0. The van der Waals surface area contributed by atoms with Crippen LogP contribution in [0.2, 0.25) is 0 Å². The molecule has 0 fully saturated rings. The first kappa shape index (κ1) is 21.7. The van der Waals surface area contributed by atoms with E-state index in [-0.39, 0.29) is 11.5 Å². The van der Waals surface area contributed by atoms with E-state index in [0.29, 0.717) is 13.1 Å². The third-order valence-corrected chi connectivity index (χ3v) is 1.72. The molecule has 106 valence electrons. The lowest BCUT2D eigenvalue weighted by molar-refractivity contribution is -0.130. The molecule has 0 spiro atoms. The summed E-state index contributed by atoms with van der Waals surface area (Å²) in [4.78, 5) is 11.9. The average molecular weight is 248 g/mol. The molecular weight excluding hydrogens is 216 g/mol. The second kappa shape index (κ2) is 13.5. The van der Waals surface area contributed by atoms with Crippen molar-refractivity contribution < 1.29 is 9.53 Å². The minimum Gasteiger partial charge on any atom is -0.466 e. The molecule has 0 aliphatic heterocycles. The lowest BCUT2D eigenvalue weighted by atomic mass is 9.87. The van der Waals surface area contributed by atoms with Crippen molar-refractivity contribution in [2.75, 3.05) is 34.8 Å². The third-order valence-electron chi connectivity index (χ3n) is 1.72. The normalized spacial score (nSPS) is 11.6. The molecule has 0 heterocycles. The number of carbonyl (C=O) groups excluding carboxylic acids is 1. The minimum absolute atomic E-state index is 0.123. The summed E-state index contributed by atoms with van der Waals surface area (Å²) in [6.45, 7) is 11.2. The van der Waals surface area contributed by atoms with Crippen LogP contribution in [0.5, 0.6) is 0 Å². The van der Waals surface area contributed by atoms with Gasteiger partial charge >= 0.3 is 0 Å². The van der Waals surface area contributed by atoms with Crippen molar-refractivity contribution in [2.24, 2.45) is 5.41 Å². The van der Waals surface area contributed by atoms with Crippen LogP contribution in [0.1, 0.15) is 34.6 Å². The van der Waals surface area contributed by atoms with Crippen molar-refractivity contribution in [3.05, 3.63) is 0 Å². The molecular formula is C13H32N2O2. The predicted octanol–water partition coefficient (Wildman–Crippen LogP) is 2.00. The van der Waals surface area contributed by atoms with E-state index >= 15 is 0 Å². The van der Waals surface area contributed by atoms with Gasteiger partial charge in [-0.05, 0) is 33.6 Å². The molecule has 0 aliphatic rings. The molecule has 0 amide bonds. The largest absolute Gasteiger partial charge is 0.466 e. The molecule has 0 saturated carbocycles. The summed E-state index contributed by atoms with van der Waals surface area (Å²) in [5, 5.41) is 3.09. The number of hydrogen-bond acceptors (Lipinski definition) is 4. The van der Waals surface area contributed by atoms with E-state index in [9.17, 15) is 4.79 Å². The molecule has 0 aliphatic carbocycles. The fourth-order valence-electron chi connectivity index (χ4n) is 0.902. The van der Waals surface area contributed by atoms with E-state index in [0.717, 1.165) is 0 Å². The van der Waals surface area contributed by atoms with Gasteiger partial charge in [-0.2, -0.15) is 0 Å². The number of ether oxygens (including phenoxy) is 1. The van der Waals surface area contributed by atoms with Gasteiger partial charge < -0.3 is 15.0 Å². The quantitative estimate of drug-likeness (QED) is 0.773. The van der Waals surface area contributed by atoms with Crippen molar-refractivity contribution in [1.82, 2.24) is 10.2 Å². The zero-order chi connectivity index (χ0) is 14.5. The highest BCUT2D eigenvalue weighted by Crippen LogP contribution is 2.18. The van der Waals surface area contributed by atoms with Crippen molar-refractivity contribution in [3.63, 3.8) is 0 Å². The highest BCUT2D eigenvalue weighted by atomic mass is 16.5. The Morgan fingerprint density at radius 1 is 1.24 bits per heavy atom. The van der Waals surface area contributed by atoms with E-state index in [1.807, 2.05) is 46.9 Å². The fraction of sp³-hybridized carbons (Fsp3) is 0.923. The number of hydrogen-bond donors (Lipinski definition) is 1. The first-order chi connectivity index (χ1) is 7.75. The Balaban J connectivity index is -0.000000275. The molecule has 0 radical (unpaired) electrons. The van der Waals surface area contributed by atoms with E-state index in [4.69, 9.17) is 0 Å². The van der Waals surface area contributed by atoms with Gasteiger partial charge in [-0.1, -0.05) is 34.6 Å². The Bertz CT molecular complexity index is 151. The lowest BCUT2D eigenvalue weighted by Gasteiger charge is -2.29. The van der Waals surface area contributed by atoms with Crippen molar-refractivity contribution >= 4 is 6.47 Å². The van der Waals surface area contributed by atoms with Crippen LogP contribution < -0.4 is 5.32 Å². The van der Waals surface area contributed by atoms with Gasteiger partial charge in [0.1, 0.15) is 6.61 Å². The predicted molar refractivity (Wildman–Crippen MR) is 75.3 cm³/mol. The molecule has 1 unspecified atom stereocenters. The van der Waals surface area contributed by atoms with Gasteiger partial charge in [-0.15, -0.1) is 0 Å². The highest BCUT2D eigenvalue weighted by Gasteiger charge is 2.22. The lowest BCUT2D eigenvalue weighted by Crippen LogP contribution is -2.41. The Kier molecular flexibility index (Phi) is 17.1. The van der Waals surface area contributed by atoms with Crippen molar-refractivity contribution in [3.8, 4) is 0 Å². The number of carbonyl (C=O) groups is 1. The van der Waals surface area contributed by atoms with Crippen molar-refractivity contribution in [2.45, 2.75) is 40.7 Å². The first-order valence-corrected chi connectivity index (χ1v) is 6.09. The van der Waals surface area contributed by atoms with E-state index in [1.54, 1.807) is 0 Å². The van der Waals surface area contributed by atoms with Crippen LogP contribution in [-0.4, -0.2) is 52.2 Å². The van der Waals surface area contributed by atoms with Gasteiger partial charge in [0.2, 0.25) is 0 Å².